The van der Waals surface area contributed by atoms with Crippen molar-refractivity contribution in [3.8, 4) is 0 Å². The van der Waals surface area contributed by atoms with Crippen LogP contribution in [0.5, 0.6) is 0 Å². The fourth-order valence-electron chi connectivity index (χ4n) is 1.57. The molecule has 16 heavy (non-hydrogen) atoms. The van der Waals surface area contributed by atoms with Gasteiger partial charge in [-0.2, -0.15) is 0 Å². The highest BCUT2D eigenvalue weighted by atomic mass is 32.2. The van der Waals surface area contributed by atoms with Crippen LogP contribution >= 0.6 is 11.8 Å². The third-order valence-electron chi connectivity index (χ3n) is 2.53. The number of carbonyl (C=O) groups is 1. The van der Waals surface area contributed by atoms with Gasteiger partial charge in [-0.25, -0.2) is 0 Å². The van der Waals surface area contributed by atoms with Gasteiger partial charge in [-0.05, 0) is 24.6 Å². The van der Waals surface area contributed by atoms with Crippen LogP contribution in [0, 0.1) is 0 Å². The number of carbonyl (C=O) groups excluding carboxylic acids is 1. The molecule has 2 atom stereocenters. The number of esters is 1. The van der Waals surface area contributed by atoms with Gasteiger partial charge in [-0.1, -0.05) is 12.1 Å². The number of thioether (sulfide) groups is 1. The second kappa shape index (κ2) is 4.89. The van der Waals surface area contributed by atoms with E-state index in [9.17, 15) is 9.90 Å². The second-order valence-electron chi connectivity index (χ2n) is 3.81. The Kier molecular flexibility index (Phi) is 3.51. The van der Waals surface area contributed by atoms with E-state index < -0.39 is 6.10 Å². The molecule has 1 aromatic rings. The minimum absolute atomic E-state index is 0.0719. The molecule has 0 spiro atoms. The Morgan fingerprint density at radius 2 is 2.12 bits per heavy atom. The molecule has 1 heterocycles. The van der Waals surface area contributed by atoms with Gasteiger partial charge in [-0.3, -0.25) is 4.79 Å². The van der Waals surface area contributed by atoms with E-state index in [1.165, 1.54) is 11.8 Å². The van der Waals surface area contributed by atoms with E-state index in [0.29, 0.717) is 6.61 Å². The second-order valence-corrected chi connectivity index (χ2v) is 5.08. The van der Waals surface area contributed by atoms with Gasteiger partial charge in [0.1, 0.15) is 5.25 Å². The van der Waals surface area contributed by atoms with Crippen LogP contribution in [0.2, 0.25) is 0 Å². The lowest BCUT2D eigenvalue weighted by Gasteiger charge is -2.08. The maximum atomic E-state index is 11.3. The van der Waals surface area contributed by atoms with Gasteiger partial charge < -0.3 is 9.84 Å². The fourth-order valence-corrected chi connectivity index (χ4v) is 2.57. The summed E-state index contributed by atoms with van der Waals surface area (Å²) in [7, 11) is 0. The van der Waals surface area contributed by atoms with Crippen LogP contribution in [-0.2, 0) is 9.53 Å². The van der Waals surface area contributed by atoms with Crippen molar-refractivity contribution in [2.45, 2.75) is 29.6 Å². The van der Waals surface area contributed by atoms with Crippen molar-refractivity contribution in [1.82, 2.24) is 0 Å². The highest BCUT2D eigenvalue weighted by Crippen LogP contribution is 2.30. The van der Waals surface area contributed by atoms with Crippen molar-refractivity contribution in [3.05, 3.63) is 29.8 Å². The summed E-state index contributed by atoms with van der Waals surface area (Å²) < 4.78 is 4.90. The van der Waals surface area contributed by atoms with E-state index in [-0.39, 0.29) is 11.2 Å². The molecule has 0 bridgehead atoms. The van der Waals surface area contributed by atoms with Gasteiger partial charge in [-0.15, -0.1) is 11.8 Å². The molecule has 86 valence electrons. The number of aliphatic hydroxyl groups excluding tert-OH is 1. The molecule has 0 aromatic heterocycles. The van der Waals surface area contributed by atoms with Crippen LogP contribution in [0.4, 0.5) is 0 Å². The highest BCUT2D eigenvalue weighted by molar-refractivity contribution is 8.00. The van der Waals surface area contributed by atoms with Crippen molar-refractivity contribution in [1.29, 1.82) is 0 Å². The first-order valence-corrected chi connectivity index (χ1v) is 6.16. The first-order chi connectivity index (χ1) is 7.66. The SMILES string of the molecule is C[C@@H](O)c1ccc(S[C@H]2CCOC2=O)cc1. The Morgan fingerprint density at radius 1 is 1.44 bits per heavy atom. The zero-order valence-corrected chi connectivity index (χ0v) is 9.87. The van der Waals surface area contributed by atoms with E-state index in [1.807, 2.05) is 24.3 Å². The first kappa shape index (κ1) is 11.5. The molecule has 1 N–H and O–H groups in total. The summed E-state index contributed by atoms with van der Waals surface area (Å²) in [5.74, 6) is -0.121. The lowest BCUT2D eigenvalue weighted by molar-refractivity contribution is -0.137. The Balaban J connectivity index is 2.02. The van der Waals surface area contributed by atoms with E-state index >= 15 is 0 Å². The van der Waals surface area contributed by atoms with E-state index in [0.717, 1.165) is 16.9 Å². The molecule has 4 heteroatoms. The summed E-state index contributed by atoms with van der Waals surface area (Å²) in [5.41, 5.74) is 0.887. The van der Waals surface area contributed by atoms with Gasteiger partial charge in [0, 0.05) is 11.3 Å². The predicted octanol–water partition coefficient (Wildman–Crippen LogP) is 2.15. The zero-order valence-electron chi connectivity index (χ0n) is 9.05. The Hall–Kier alpha value is -1.00. The van der Waals surface area contributed by atoms with Gasteiger partial charge in [0.15, 0.2) is 0 Å². The van der Waals surface area contributed by atoms with Crippen LogP contribution in [0.25, 0.3) is 0 Å². The molecule has 1 aliphatic heterocycles. The summed E-state index contributed by atoms with van der Waals surface area (Å²) in [5, 5.41) is 9.29. The number of aliphatic hydroxyl groups is 1. The third kappa shape index (κ3) is 2.57. The van der Waals surface area contributed by atoms with Gasteiger partial charge in [0.05, 0.1) is 12.7 Å². The lowest BCUT2D eigenvalue weighted by Crippen LogP contribution is -2.09. The average molecular weight is 238 g/mol. The first-order valence-electron chi connectivity index (χ1n) is 5.28. The molecule has 1 fully saturated rings. The third-order valence-corrected chi connectivity index (χ3v) is 3.79. The predicted molar refractivity (Wildman–Crippen MR) is 62.3 cm³/mol. The molecule has 0 saturated carbocycles. The summed E-state index contributed by atoms with van der Waals surface area (Å²) >= 11 is 1.52. The Morgan fingerprint density at radius 3 is 2.62 bits per heavy atom. The molecule has 0 unspecified atom stereocenters. The number of hydrogen-bond donors (Lipinski definition) is 1. The Labute approximate surface area is 98.8 Å². The van der Waals surface area contributed by atoms with Gasteiger partial charge in [0.2, 0.25) is 0 Å². The quantitative estimate of drug-likeness (QED) is 0.820. The van der Waals surface area contributed by atoms with Crippen molar-refractivity contribution in [3.63, 3.8) is 0 Å². The van der Waals surface area contributed by atoms with Gasteiger partial charge in [0.25, 0.3) is 0 Å². The zero-order chi connectivity index (χ0) is 11.5. The standard InChI is InChI=1S/C12H14O3S/c1-8(13)9-2-4-10(5-3-9)16-11-6-7-15-12(11)14/h2-5,8,11,13H,6-7H2,1H3/t8-,11+/m1/s1. The average Bonchev–Trinajstić information content (AvgIpc) is 2.65. The number of hydrogen-bond acceptors (Lipinski definition) is 4. The van der Waals surface area contributed by atoms with Crippen LogP contribution in [0.1, 0.15) is 25.0 Å². The van der Waals surface area contributed by atoms with Crippen LogP contribution in [0.15, 0.2) is 29.2 Å². The van der Waals surface area contributed by atoms with Crippen molar-refractivity contribution in [2.75, 3.05) is 6.61 Å². The molecule has 1 aliphatic rings. The van der Waals surface area contributed by atoms with Crippen molar-refractivity contribution >= 4 is 17.7 Å². The normalized spacial score (nSPS) is 21.9. The summed E-state index contributed by atoms with van der Waals surface area (Å²) in [4.78, 5) is 12.3. The molecule has 1 saturated heterocycles. The minimum atomic E-state index is -0.449. The fraction of sp³-hybridized carbons (Fsp3) is 0.417. The molecule has 3 nitrogen and oxygen atoms in total. The number of ether oxygens (including phenoxy) is 1. The monoisotopic (exact) mass is 238 g/mol. The summed E-state index contributed by atoms with van der Waals surface area (Å²) in [6.07, 6.45) is 0.331. The summed E-state index contributed by atoms with van der Waals surface area (Å²) in [6, 6.07) is 7.62. The van der Waals surface area contributed by atoms with E-state index in [4.69, 9.17) is 4.74 Å². The van der Waals surface area contributed by atoms with E-state index in [2.05, 4.69) is 0 Å². The molecule has 0 aliphatic carbocycles. The van der Waals surface area contributed by atoms with Crippen molar-refractivity contribution < 1.29 is 14.6 Å². The molecular formula is C12H14O3S. The number of benzene rings is 1. The van der Waals surface area contributed by atoms with Crippen LogP contribution in [0.3, 0.4) is 0 Å². The summed E-state index contributed by atoms with van der Waals surface area (Å²) in [6.45, 7) is 2.26. The number of cyclic esters (lactones) is 1. The lowest BCUT2D eigenvalue weighted by atomic mass is 10.1. The van der Waals surface area contributed by atoms with Crippen LogP contribution in [-0.4, -0.2) is 22.9 Å². The molecule has 2 rings (SSSR count). The molecule has 0 amide bonds. The number of rotatable bonds is 3. The Bertz CT molecular complexity index is 372. The smallest absolute Gasteiger partial charge is 0.319 e. The molecule has 1 aromatic carbocycles. The van der Waals surface area contributed by atoms with E-state index in [1.54, 1.807) is 6.92 Å². The topological polar surface area (TPSA) is 46.5 Å². The highest BCUT2D eigenvalue weighted by Gasteiger charge is 2.27. The van der Waals surface area contributed by atoms with Crippen LogP contribution < -0.4 is 0 Å². The molecule has 0 radical (unpaired) electrons. The largest absolute Gasteiger partial charge is 0.465 e. The minimum Gasteiger partial charge on any atom is -0.465 e. The molecular weight excluding hydrogens is 224 g/mol. The van der Waals surface area contributed by atoms with Crippen molar-refractivity contribution in [2.24, 2.45) is 0 Å². The van der Waals surface area contributed by atoms with Gasteiger partial charge >= 0.3 is 5.97 Å². The maximum Gasteiger partial charge on any atom is 0.319 e. The maximum absolute atomic E-state index is 11.3.